The predicted molar refractivity (Wildman–Crippen MR) is 74.5 cm³/mol. The zero-order valence-corrected chi connectivity index (χ0v) is 12.4. The van der Waals surface area contributed by atoms with Gasteiger partial charge in [-0.05, 0) is 47.4 Å². The number of fused-ring (bicyclic) bond motifs is 4. The second-order valence-electron chi connectivity index (χ2n) is 6.57. The molecule has 1 saturated heterocycles. The van der Waals surface area contributed by atoms with Crippen LogP contribution in [0.25, 0.3) is 0 Å². The van der Waals surface area contributed by atoms with E-state index in [1.807, 2.05) is 13.8 Å². The van der Waals surface area contributed by atoms with Crippen molar-refractivity contribution < 1.29 is 23.1 Å². The molecule has 2 bridgehead atoms. The summed E-state index contributed by atoms with van der Waals surface area (Å²) in [6.45, 7) is 4.00. The highest BCUT2D eigenvalue weighted by molar-refractivity contribution is 5.82. The summed E-state index contributed by atoms with van der Waals surface area (Å²) in [7, 11) is 0. The number of phenolic OH excluding ortho intramolecular Hbond substituents is 1. The molecule has 1 N–H and O–H groups in total. The maximum absolute atomic E-state index is 12.8. The number of hydrogen-bond acceptors (Lipinski definition) is 2. The smallest absolute Gasteiger partial charge is 0.471 e. The molecule has 0 radical (unpaired) electrons. The number of aromatic hydroxyl groups is 1. The summed E-state index contributed by atoms with van der Waals surface area (Å²) in [5.74, 6) is -1.67. The fraction of sp³-hybridized carbons (Fsp3) is 0.562. The van der Waals surface area contributed by atoms with Crippen LogP contribution >= 0.6 is 0 Å². The first-order valence-corrected chi connectivity index (χ1v) is 7.35. The van der Waals surface area contributed by atoms with Crippen molar-refractivity contribution in [2.45, 2.75) is 44.3 Å². The van der Waals surface area contributed by atoms with Crippen LogP contribution in [0.5, 0.6) is 5.75 Å². The molecule has 6 heteroatoms. The molecular weight excluding hydrogens is 295 g/mol. The summed E-state index contributed by atoms with van der Waals surface area (Å²) in [6, 6.07) is 4.56. The van der Waals surface area contributed by atoms with Gasteiger partial charge >= 0.3 is 12.1 Å². The molecule has 120 valence electrons. The van der Waals surface area contributed by atoms with Gasteiger partial charge in [-0.1, -0.05) is 19.9 Å². The molecule has 0 saturated carbocycles. The molecule has 1 aromatic carbocycles. The van der Waals surface area contributed by atoms with Crippen LogP contribution in [0.3, 0.4) is 0 Å². The molecule has 3 nitrogen and oxygen atoms in total. The zero-order valence-electron chi connectivity index (χ0n) is 12.4. The lowest BCUT2D eigenvalue weighted by molar-refractivity contribution is -0.192. The molecule has 3 rings (SSSR count). The summed E-state index contributed by atoms with van der Waals surface area (Å²) >= 11 is 0. The van der Waals surface area contributed by atoms with Crippen molar-refractivity contribution in [3.63, 3.8) is 0 Å². The highest BCUT2D eigenvalue weighted by Gasteiger charge is 2.53. The molecule has 1 aromatic rings. The summed E-state index contributed by atoms with van der Waals surface area (Å²) in [5.41, 5.74) is 1.60. The van der Waals surface area contributed by atoms with Crippen molar-refractivity contribution in [1.82, 2.24) is 4.90 Å². The molecular formula is C16H18F3NO2. The summed E-state index contributed by atoms with van der Waals surface area (Å²) in [4.78, 5) is 12.7. The number of nitrogens with zero attached hydrogens (tertiary/aromatic N) is 1. The molecule has 1 fully saturated rings. The van der Waals surface area contributed by atoms with Gasteiger partial charge in [-0.15, -0.1) is 0 Å². The fourth-order valence-corrected chi connectivity index (χ4v) is 4.02. The van der Waals surface area contributed by atoms with Gasteiger partial charge in [0.1, 0.15) is 5.75 Å². The summed E-state index contributed by atoms with van der Waals surface area (Å²) in [5, 5.41) is 9.72. The Kier molecular flexibility index (Phi) is 3.20. The van der Waals surface area contributed by atoms with E-state index in [9.17, 15) is 23.1 Å². The number of carbonyl (C=O) groups is 1. The van der Waals surface area contributed by atoms with Gasteiger partial charge in [0.2, 0.25) is 0 Å². The Morgan fingerprint density at radius 2 is 2.09 bits per heavy atom. The van der Waals surface area contributed by atoms with E-state index in [0.29, 0.717) is 12.8 Å². The Morgan fingerprint density at radius 1 is 1.41 bits per heavy atom. The number of likely N-dealkylation sites (tertiary alicyclic amines) is 1. The van der Waals surface area contributed by atoms with E-state index in [4.69, 9.17) is 0 Å². The van der Waals surface area contributed by atoms with Crippen molar-refractivity contribution in [3.05, 3.63) is 29.3 Å². The standard InChI is InChI=1S/C16H18F3NO2/c1-9-13-7-10-3-4-11(21)8-12(10)15(9,2)5-6-20(13)14(22)16(17,18)19/h3-4,8-9,13,21H,5-7H2,1-2H3/t9-,13?,15?/m1/s1. The van der Waals surface area contributed by atoms with Crippen molar-refractivity contribution in [1.29, 1.82) is 0 Å². The first-order chi connectivity index (χ1) is 10.1. The number of alkyl halides is 3. The highest BCUT2D eigenvalue weighted by atomic mass is 19.4. The fourth-order valence-electron chi connectivity index (χ4n) is 4.02. The summed E-state index contributed by atoms with van der Waals surface area (Å²) in [6.07, 6.45) is -3.97. The molecule has 22 heavy (non-hydrogen) atoms. The van der Waals surface area contributed by atoms with Crippen molar-refractivity contribution in [2.75, 3.05) is 6.54 Å². The van der Waals surface area contributed by atoms with Crippen LogP contribution in [-0.2, 0) is 16.6 Å². The van der Waals surface area contributed by atoms with E-state index < -0.39 is 18.1 Å². The van der Waals surface area contributed by atoms with Crippen LogP contribution < -0.4 is 0 Å². The van der Waals surface area contributed by atoms with Gasteiger partial charge in [-0.2, -0.15) is 13.2 Å². The highest BCUT2D eigenvalue weighted by Crippen LogP contribution is 2.49. The van der Waals surface area contributed by atoms with Crippen LogP contribution in [0, 0.1) is 5.92 Å². The van der Waals surface area contributed by atoms with Crippen molar-refractivity contribution in [3.8, 4) is 5.75 Å². The largest absolute Gasteiger partial charge is 0.508 e. The van der Waals surface area contributed by atoms with Gasteiger partial charge in [-0.25, -0.2) is 0 Å². The van der Waals surface area contributed by atoms with Crippen LogP contribution in [0.4, 0.5) is 13.2 Å². The number of phenols is 1. The van der Waals surface area contributed by atoms with Gasteiger partial charge < -0.3 is 10.0 Å². The van der Waals surface area contributed by atoms with Gasteiger partial charge in [0.05, 0.1) is 0 Å². The Labute approximate surface area is 126 Å². The molecule has 0 spiro atoms. The number of benzene rings is 1. The third-order valence-corrected chi connectivity index (χ3v) is 5.50. The minimum atomic E-state index is -4.83. The van der Waals surface area contributed by atoms with Crippen molar-refractivity contribution >= 4 is 5.91 Å². The number of piperidine rings is 1. The number of amides is 1. The molecule has 1 aliphatic heterocycles. The van der Waals surface area contributed by atoms with E-state index in [1.54, 1.807) is 18.2 Å². The predicted octanol–water partition coefficient (Wildman–Crippen LogP) is 3.01. The van der Waals surface area contributed by atoms with E-state index in [-0.39, 0.29) is 23.6 Å². The molecule has 2 aliphatic rings. The summed E-state index contributed by atoms with van der Waals surface area (Å²) < 4.78 is 38.4. The molecule has 0 aromatic heterocycles. The van der Waals surface area contributed by atoms with E-state index in [2.05, 4.69) is 0 Å². The van der Waals surface area contributed by atoms with Crippen LogP contribution in [0.2, 0.25) is 0 Å². The Balaban J connectivity index is 2.03. The van der Waals surface area contributed by atoms with Crippen LogP contribution in [-0.4, -0.2) is 34.7 Å². The monoisotopic (exact) mass is 313 g/mol. The van der Waals surface area contributed by atoms with Gasteiger partial charge in [0, 0.05) is 12.6 Å². The normalized spacial score (nSPS) is 30.9. The SMILES string of the molecule is C[C@@H]1C2Cc3ccc(O)cc3C1(C)CCN2C(=O)C(F)(F)F. The topological polar surface area (TPSA) is 40.5 Å². The lowest BCUT2D eigenvalue weighted by Gasteiger charge is -2.54. The minimum Gasteiger partial charge on any atom is -0.508 e. The van der Waals surface area contributed by atoms with Crippen molar-refractivity contribution in [2.24, 2.45) is 5.92 Å². The van der Waals surface area contributed by atoms with Gasteiger partial charge in [0.25, 0.3) is 0 Å². The molecule has 3 atom stereocenters. The Bertz CT molecular complexity index is 628. The average Bonchev–Trinajstić information content (AvgIpc) is 2.42. The second kappa shape index (κ2) is 4.64. The Morgan fingerprint density at radius 3 is 2.73 bits per heavy atom. The minimum absolute atomic E-state index is 0.0955. The molecule has 1 aliphatic carbocycles. The number of carbonyl (C=O) groups excluding carboxylic acids is 1. The van der Waals surface area contributed by atoms with Gasteiger partial charge in [-0.3, -0.25) is 4.79 Å². The first-order valence-electron chi connectivity index (χ1n) is 7.35. The lowest BCUT2D eigenvalue weighted by atomic mass is 9.59. The van der Waals surface area contributed by atoms with E-state index in [0.717, 1.165) is 16.0 Å². The van der Waals surface area contributed by atoms with Crippen LogP contribution in [0.1, 0.15) is 31.4 Å². The zero-order chi connectivity index (χ0) is 16.3. The third-order valence-electron chi connectivity index (χ3n) is 5.50. The van der Waals surface area contributed by atoms with Crippen LogP contribution in [0.15, 0.2) is 18.2 Å². The average molecular weight is 313 g/mol. The van der Waals surface area contributed by atoms with Gasteiger partial charge in [0.15, 0.2) is 0 Å². The maximum Gasteiger partial charge on any atom is 0.471 e. The molecule has 2 unspecified atom stereocenters. The van der Waals surface area contributed by atoms with E-state index >= 15 is 0 Å². The number of rotatable bonds is 0. The quantitative estimate of drug-likeness (QED) is 0.800. The number of hydrogen-bond donors (Lipinski definition) is 1. The molecule has 1 amide bonds. The first kappa shape index (κ1) is 15.2. The Hall–Kier alpha value is -1.72. The molecule has 1 heterocycles. The second-order valence-corrected chi connectivity index (χ2v) is 6.57. The lowest BCUT2D eigenvalue weighted by Crippen LogP contribution is -2.61. The third kappa shape index (κ3) is 2.08. The maximum atomic E-state index is 12.8. The number of halogens is 3. The van der Waals surface area contributed by atoms with E-state index in [1.165, 1.54) is 0 Å².